The summed E-state index contributed by atoms with van der Waals surface area (Å²) in [6, 6.07) is 9.55. The van der Waals surface area contributed by atoms with Crippen LogP contribution in [0.25, 0.3) is 0 Å². The Bertz CT molecular complexity index is 492. The van der Waals surface area contributed by atoms with Crippen LogP contribution >= 0.6 is 0 Å². The maximum absolute atomic E-state index is 12.2. The van der Waals surface area contributed by atoms with Crippen molar-refractivity contribution in [2.24, 2.45) is 0 Å². The number of carbonyl (C=O) groups is 2. The van der Waals surface area contributed by atoms with Gasteiger partial charge in [0, 0.05) is 19.1 Å². The Morgan fingerprint density at radius 2 is 2.05 bits per heavy atom. The smallest absolute Gasteiger partial charge is 0.410 e. The van der Waals surface area contributed by atoms with Crippen molar-refractivity contribution in [2.75, 3.05) is 19.6 Å². The summed E-state index contributed by atoms with van der Waals surface area (Å²) in [7, 11) is 0. The lowest BCUT2D eigenvalue weighted by Gasteiger charge is -2.35. The van der Waals surface area contributed by atoms with Crippen molar-refractivity contribution < 1.29 is 19.4 Å². The van der Waals surface area contributed by atoms with Crippen molar-refractivity contribution >= 4 is 12.1 Å². The molecule has 1 aliphatic rings. The molecule has 0 spiro atoms. The normalized spacial score (nSPS) is 18.0. The Balaban J connectivity index is 1.83. The average molecular weight is 306 g/mol. The number of nitrogens with zero attached hydrogens (tertiary/aromatic N) is 1. The molecule has 0 aliphatic carbocycles. The molecular weight excluding hydrogens is 284 g/mol. The van der Waals surface area contributed by atoms with E-state index in [1.807, 2.05) is 30.3 Å². The summed E-state index contributed by atoms with van der Waals surface area (Å²) in [5, 5.41) is 11.5. The maximum atomic E-state index is 12.2. The summed E-state index contributed by atoms with van der Waals surface area (Å²) in [6.07, 6.45) is 2.54. The molecule has 6 nitrogen and oxygen atoms in total. The summed E-state index contributed by atoms with van der Waals surface area (Å²) >= 11 is 0. The number of amides is 1. The fraction of sp³-hybridized carbons (Fsp3) is 0.500. The van der Waals surface area contributed by atoms with Crippen LogP contribution in [0.3, 0.4) is 0 Å². The molecule has 2 N–H and O–H groups in total. The topological polar surface area (TPSA) is 78.9 Å². The van der Waals surface area contributed by atoms with Gasteiger partial charge >= 0.3 is 12.1 Å². The van der Waals surface area contributed by atoms with Gasteiger partial charge in [-0.3, -0.25) is 4.79 Å². The van der Waals surface area contributed by atoms with Crippen molar-refractivity contribution in [1.29, 1.82) is 0 Å². The van der Waals surface area contributed by atoms with Gasteiger partial charge in [-0.25, -0.2) is 4.79 Å². The Morgan fingerprint density at radius 1 is 1.27 bits per heavy atom. The number of carbonyl (C=O) groups excluding carboxylic acids is 1. The van der Waals surface area contributed by atoms with Gasteiger partial charge in [-0.05, 0) is 24.8 Å². The van der Waals surface area contributed by atoms with Gasteiger partial charge in [0.15, 0.2) is 0 Å². The maximum Gasteiger partial charge on any atom is 0.410 e. The van der Waals surface area contributed by atoms with Crippen LogP contribution < -0.4 is 5.32 Å². The number of rotatable bonds is 6. The number of carboxylic acids is 1. The number of nitrogens with one attached hydrogen (secondary N) is 1. The third-order valence-electron chi connectivity index (χ3n) is 3.72. The summed E-state index contributed by atoms with van der Waals surface area (Å²) < 4.78 is 5.37. The van der Waals surface area contributed by atoms with E-state index < -0.39 is 5.97 Å². The molecule has 22 heavy (non-hydrogen) atoms. The zero-order chi connectivity index (χ0) is 15.8. The molecule has 1 saturated heterocycles. The summed E-state index contributed by atoms with van der Waals surface area (Å²) in [6.45, 7) is 1.30. The van der Waals surface area contributed by atoms with Crippen LogP contribution in [-0.4, -0.2) is 47.7 Å². The summed E-state index contributed by atoms with van der Waals surface area (Å²) in [5.74, 6) is -0.894. The van der Waals surface area contributed by atoms with E-state index in [-0.39, 0.29) is 25.3 Å². The van der Waals surface area contributed by atoms with Crippen molar-refractivity contribution in [3.05, 3.63) is 35.9 Å². The molecule has 0 unspecified atom stereocenters. The van der Waals surface area contributed by atoms with Crippen molar-refractivity contribution in [3.63, 3.8) is 0 Å². The van der Waals surface area contributed by atoms with Crippen LogP contribution in [0.15, 0.2) is 30.3 Å². The second-order valence-electron chi connectivity index (χ2n) is 5.41. The molecule has 1 aromatic rings. The van der Waals surface area contributed by atoms with E-state index in [2.05, 4.69) is 5.32 Å². The number of aliphatic carboxylic acids is 1. The van der Waals surface area contributed by atoms with Crippen molar-refractivity contribution in [1.82, 2.24) is 10.2 Å². The molecule has 1 fully saturated rings. The molecule has 1 amide bonds. The van der Waals surface area contributed by atoms with E-state index in [0.29, 0.717) is 13.1 Å². The van der Waals surface area contributed by atoms with Gasteiger partial charge < -0.3 is 20.1 Å². The van der Waals surface area contributed by atoms with Gasteiger partial charge in [-0.2, -0.15) is 0 Å². The molecular formula is C16H22N2O4. The molecule has 0 aromatic heterocycles. The molecule has 1 heterocycles. The SMILES string of the molecule is O=C(O)CNC[C@H]1CCCCN1C(=O)OCc1ccccc1. The highest BCUT2D eigenvalue weighted by Gasteiger charge is 2.27. The molecule has 2 rings (SSSR count). The molecule has 120 valence electrons. The molecule has 1 aliphatic heterocycles. The van der Waals surface area contributed by atoms with E-state index in [1.54, 1.807) is 4.90 Å². The first kappa shape index (κ1) is 16.3. The van der Waals surface area contributed by atoms with E-state index in [0.717, 1.165) is 24.8 Å². The quantitative estimate of drug-likeness (QED) is 0.838. The average Bonchev–Trinajstić information content (AvgIpc) is 2.54. The van der Waals surface area contributed by atoms with E-state index in [1.165, 1.54) is 0 Å². The van der Waals surface area contributed by atoms with Crippen LogP contribution in [0.5, 0.6) is 0 Å². The lowest BCUT2D eigenvalue weighted by atomic mass is 10.0. The van der Waals surface area contributed by atoms with Gasteiger partial charge in [0.25, 0.3) is 0 Å². The van der Waals surface area contributed by atoms with Gasteiger partial charge in [0.1, 0.15) is 6.61 Å². The Morgan fingerprint density at radius 3 is 2.77 bits per heavy atom. The number of hydrogen-bond donors (Lipinski definition) is 2. The number of benzene rings is 1. The Labute approximate surface area is 130 Å². The van der Waals surface area contributed by atoms with Crippen molar-refractivity contribution in [3.8, 4) is 0 Å². The number of likely N-dealkylation sites (tertiary alicyclic amines) is 1. The van der Waals surface area contributed by atoms with Crippen LogP contribution in [-0.2, 0) is 16.1 Å². The molecule has 0 saturated carbocycles. The Kier molecular flexibility index (Phi) is 6.21. The highest BCUT2D eigenvalue weighted by molar-refractivity contribution is 5.69. The van der Waals surface area contributed by atoms with Crippen molar-refractivity contribution in [2.45, 2.75) is 31.9 Å². The van der Waals surface area contributed by atoms with Gasteiger partial charge in [0.05, 0.1) is 6.54 Å². The molecule has 0 radical (unpaired) electrons. The lowest BCUT2D eigenvalue weighted by Crippen LogP contribution is -2.49. The molecule has 1 atom stereocenters. The first-order valence-corrected chi connectivity index (χ1v) is 7.56. The number of carboxylic acid groups (broad SMARTS) is 1. The highest BCUT2D eigenvalue weighted by Crippen LogP contribution is 2.18. The fourth-order valence-corrected chi connectivity index (χ4v) is 2.60. The zero-order valence-corrected chi connectivity index (χ0v) is 12.5. The predicted molar refractivity (Wildman–Crippen MR) is 81.5 cm³/mol. The standard InChI is InChI=1S/C16H22N2O4/c19-15(20)11-17-10-14-8-4-5-9-18(14)16(21)22-12-13-6-2-1-3-7-13/h1-3,6-7,14,17H,4-5,8-12H2,(H,19,20)/t14-/m1/s1. The third-order valence-corrected chi connectivity index (χ3v) is 3.72. The summed E-state index contributed by atoms with van der Waals surface area (Å²) in [4.78, 5) is 24.5. The number of hydrogen-bond acceptors (Lipinski definition) is 4. The van der Waals surface area contributed by atoms with Crippen LogP contribution in [0.2, 0.25) is 0 Å². The predicted octanol–water partition coefficient (Wildman–Crippen LogP) is 1.85. The molecule has 6 heteroatoms. The minimum atomic E-state index is -0.894. The molecule has 0 bridgehead atoms. The molecule has 1 aromatic carbocycles. The van der Waals surface area contributed by atoms with Crippen LogP contribution in [0.4, 0.5) is 4.79 Å². The fourth-order valence-electron chi connectivity index (χ4n) is 2.60. The van der Waals surface area contributed by atoms with Crippen LogP contribution in [0.1, 0.15) is 24.8 Å². The highest BCUT2D eigenvalue weighted by atomic mass is 16.6. The van der Waals surface area contributed by atoms with Gasteiger partial charge in [0.2, 0.25) is 0 Å². The van der Waals surface area contributed by atoms with Gasteiger partial charge in [-0.15, -0.1) is 0 Å². The zero-order valence-electron chi connectivity index (χ0n) is 12.5. The van der Waals surface area contributed by atoms with E-state index >= 15 is 0 Å². The second kappa shape index (κ2) is 8.38. The monoisotopic (exact) mass is 306 g/mol. The third kappa shape index (κ3) is 5.04. The lowest BCUT2D eigenvalue weighted by molar-refractivity contribution is -0.136. The number of piperidine rings is 1. The summed E-state index contributed by atoms with van der Waals surface area (Å²) in [5.41, 5.74) is 0.952. The van der Waals surface area contributed by atoms with E-state index in [4.69, 9.17) is 9.84 Å². The largest absolute Gasteiger partial charge is 0.480 e. The second-order valence-corrected chi connectivity index (χ2v) is 5.41. The van der Waals surface area contributed by atoms with E-state index in [9.17, 15) is 9.59 Å². The van der Waals surface area contributed by atoms with Crippen LogP contribution in [0, 0.1) is 0 Å². The van der Waals surface area contributed by atoms with Gasteiger partial charge in [-0.1, -0.05) is 30.3 Å². The minimum absolute atomic E-state index is 0.00336. The number of ether oxygens (including phenoxy) is 1. The first-order valence-electron chi connectivity index (χ1n) is 7.56. The Hall–Kier alpha value is -2.08. The first-order chi connectivity index (χ1) is 10.7. The minimum Gasteiger partial charge on any atom is -0.480 e.